The van der Waals surface area contributed by atoms with Gasteiger partial charge >= 0.3 is 5.97 Å². The van der Waals surface area contributed by atoms with Crippen LogP contribution in [0.1, 0.15) is 27.9 Å². The molecule has 4 rings (SSSR count). The number of rotatable bonds is 4. The molecule has 0 heterocycles. The van der Waals surface area contributed by atoms with Gasteiger partial charge in [-0.15, -0.1) is 0 Å². The third-order valence-corrected chi connectivity index (χ3v) is 4.68. The molecule has 26 heavy (non-hydrogen) atoms. The van der Waals surface area contributed by atoms with Crippen LogP contribution in [0.25, 0.3) is 16.3 Å². The van der Waals surface area contributed by atoms with Crippen LogP contribution in [0.5, 0.6) is 5.75 Å². The molecular weight excluding hydrogens is 328 g/mol. The van der Waals surface area contributed by atoms with Crippen molar-refractivity contribution in [3.63, 3.8) is 0 Å². The van der Waals surface area contributed by atoms with Crippen LogP contribution in [-0.4, -0.2) is 24.0 Å². The van der Waals surface area contributed by atoms with E-state index in [-0.39, 0.29) is 12.2 Å². The SMILES string of the molecule is COc1ccc2c(c1)C(=O)C(CC(=O)O)=C2c1ccc2ccccc2c1. The van der Waals surface area contributed by atoms with Gasteiger partial charge in [0.25, 0.3) is 0 Å². The third kappa shape index (κ3) is 2.56. The Morgan fingerprint density at radius 2 is 1.73 bits per heavy atom. The van der Waals surface area contributed by atoms with E-state index in [2.05, 4.69) is 0 Å². The first-order valence-corrected chi connectivity index (χ1v) is 8.25. The first-order chi connectivity index (χ1) is 12.6. The number of carboxylic acids is 1. The average Bonchev–Trinajstić information content (AvgIpc) is 2.92. The van der Waals surface area contributed by atoms with E-state index in [0.29, 0.717) is 22.5 Å². The van der Waals surface area contributed by atoms with E-state index in [1.54, 1.807) is 12.1 Å². The van der Waals surface area contributed by atoms with E-state index in [4.69, 9.17) is 4.74 Å². The molecule has 0 aromatic heterocycles. The maximum atomic E-state index is 12.9. The highest BCUT2D eigenvalue weighted by Crippen LogP contribution is 2.41. The fourth-order valence-corrected chi connectivity index (χ4v) is 3.49. The Morgan fingerprint density at radius 3 is 2.46 bits per heavy atom. The Balaban J connectivity index is 1.95. The number of ketones is 1. The number of Topliss-reactive ketones (excluding diaryl/α,β-unsaturated/α-hetero) is 1. The lowest BCUT2D eigenvalue weighted by molar-refractivity contribution is -0.136. The Morgan fingerprint density at radius 1 is 0.962 bits per heavy atom. The van der Waals surface area contributed by atoms with Crippen molar-refractivity contribution in [2.24, 2.45) is 0 Å². The van der Waals surface area contributed by atoms with Gasteiger partial charge in [0.15, 0.2) is 5.78 Å². The monoisotopic (exact) mass is 344 g/mol. The van der Waals surface area contributed by atoms with Crippen molar-refractivity contribution in [2.45, 2.75) is 6.42 Å². The Labute approximate surface area is 150 Å². The lowest BCUT2D eigenvalue weighted by Gasteiger charge is -2.09. The van der Waals surface area contributed by atoms with Crippen LogP contribution in [0.4, 0.5) is 0 Å². The van der Waals surface area contributed by atoms with Crippen LogP contribution in [0.15, 0.2) is 66.2 Å². The van der Waals surface area contributed by atoms with E-state index in [1.165, 1.54) is 7.11 Å². The second kappa shape index (κ2) is 6.15. The number of carboxylic acid groups (broad SMARTS) is 1. The van der Waals surface area contributed by atoms with E-state index in [1.807, 2.05) is 48.5 Å². The second-order valence-corrected chi connectivity index (χ2v) is 6.23. The fourth-order valence-electron chi connectivity index (χ4n) is 3.49. The maximum Gasteiger partial charge on any atom is 0.307 e. The van der Waals surface area contributed by atoms with Gasteiger partial charge in [0.05, 0.1) is 13.5 Å². The Bertz CT molecular complexity index is 1090. The highest BCUT2D eigenvalue weighted by molar-refractivity contribution is 6.24. The smallest absolute Gasteiger partial charge is 0.307 e. The third-order valence-electron chi connectivity index (χ3n) is 4.68. The number of ether oxygens (including phenoxy) is 1. The quantitative estimate of drug-likeness (QED) is 0.765. The Kier molecular flexibility index (Phi) is 3.81. The molecule has 4 nitrogen and oxygen atoms in total. The summed E-state index contributed by atoms with van der Waals surface area (Å²) in [5.74, 6) is -0.692. The molecule has 0 unspecified atom stereocenters. The Hall–Kier alpha value is -3.40. The zero-order valence-corrected chi connectivity index (χ0v) is 14.2. The molecule has 1 aliphatic carbocycles. The zero-order chi connectivity index (χ0) is 18.3. The lowest BCUT2D eigenvalue weighted by Crippen LogP contribution is -2.05. The van der Waals surface area contributed by atoms with Crippen LogP contribution in [0, 0.1) is 0 Å². The molecule has 0 radical (unpaired) electrons. The number of carbonyl (C=O) groups is 2. The molecule has 0 saturated carbocycles. The zero-order valence-electron chi connectivity index (χ0n) is 14.2. The molecule has 128 valence electrons. The van der Waals surface area contributed by atoms with Gasteiger partial charge in [0.1, 0.15) is 5.75 Å². The van der Waals surface area contributed by atoms with Crippen LogP contribution < -0.4 is 4.74 Å². The standard InChI is InChI=1S/C22H16O4/c1-26-16-8-9-17-18(11-16)22(25)19(12-20(23)24)21(17)15-7-6-13-4-2-3-5-14(13)10-15/h2-11H,12H2,1H3,(H,23,24). The van der Waals surface area contributed by atoms with Gasteiger partial charge in [-0.25, -0.2) is 0 Å². The number of carbonyl (C=O) groups excluding carboxylic acids is 1. The van der Waals surface area contributed by atoms with Gasteiger partial charge in [-0.2, -0.15) is 0 Å². The number of hydrogen-bond donors (Lipinski definition) is 1. The molecule has 0 saturated heterocycles. The average molecular weight is 344 g/mol. The summed E-state index contributed by atoms with van der Waals surface area (Å²) in [5, 5.41) is 11.4. The van der Waals surface area contributed by atoms with Crippen LogP contribution in [-0.2, 0) is 4.79 Å². The van der Waals surface area contributed by atoms with Crippen LogP contribution in [0.2, 0.25) is 0 Å². The van der Waals surface area contributed by atoms with E-state index < -0.39 is 5.97 Å². The summed E-state index contributed by atoms with van der Waals surface area (Å²) >= 11 is 0. The minimum absolute atomic E-state index is 0.246. The molecule has 3 aromatic carbocycles. The van der Waals surface area contributed by atoms with E-state index in [9.17, 15) is 14.7 Å². The van der Waals surface area contributed by atoms with Crippen molar-refractivity contribution in [1.29, 1.82) is 0 Å². The van der Waals surface area contributed by atoms with Gasteiger partial charge in [-0.05, 0) is 51.7 Å². The van der Waals surface area contributed by atoms with Crippen molar-refractivity contribution >= 4 is 28.1 Å². The molecule has 1 N–H and O–H groups in total. The molecule has 0 aliphatic heterocycles. The maximum absolute atomic E-state index is 12.9. The molecule has 0 fully saturated rings. The minimum Gasteiger partial charge on any atom is -0.497 e. The molecule has 0 atom stereocenters. The second-order valence-electron chi connectivity index (χ2n) is 6.23. The summed E-state index contributed by atoms with van der Waals surface area (Å²) in [6, 6.07) is 19.2. The summed E-state index contributed by atoms with van der Waals surface area (Å²) < 4.78 is 5.22. The molecule has 0 amide bonds. The highest BCUT2D eigenvalue weighted by atomic mass is 16.5. The molecule has 0 spiro atoms. The van der Waals surface area contributed by atoms with Gasteiger partial charge in [0, 0.05) is 11.1 Å². The van der Waals surface area contributed by atoms with Crippen molar-refractivity contribution in [1.82, 2.24) is 0 Å². The fraction of sp³-hybridized carbons (Fsp3) is 0.0909. The topological polar surface area (TPSA) is 63.6 Å². The van der Waals surface area contributed by atoms with Crippen LogP contribution >= 0.6 is 0 Å². The number of aliphatic carboxylic acids is 1. The number of benzene rings is 3. The predicted octanol–water partition coefficient (Wildman–Crippen LogP) is 4.32. The van der Waals surface area contributed by atoms with E-state index >= 15 is 0 Å². The summed E-state index contributed by atoms with van der Waals surface area (Å²) in [6.07, 6.45) is -0.308. The molecule has 1 aliphatic rings. The molecule has 4 heteroatoms. The first kappa shape index (κ1) is 16.1. The molecule has 3 aromatic rings. The first-order valence-electron chi connectivity index (χ1n) is 8.25. The van der Waals surface area contributed by atoms with Crippen LogP contribution in [0.3, 0.4) is 0 Å². The van der Waals surface area contributed by atoms with Crippen molar-refractivity contribution in [2.75, 3.05) is 7.11 Å². The van der Waals surface area contributed by atoms with E-state index in [0.717, 1.165) is 21.9 Å². The number of fused-ring (bicyclic) bond motifs is 2. The van der Waals surface area contributed by atoms with Gasteiger partial charge in [-0.3, -0.25) is 9.59 Å². The highest BCUT2D eigenvalue weighted by Gasteiger charge is 2.32. The summed E-state index contributed by atoms with van der Waals surface area (Å²) in [4.78, 5) is 24.2. The van der Waals surface area contributed by atoms with Gasteiger partial charge < -0.3 is 9.84 Å². The number of methoxy groups -OCH3 is 1. The van der Waals surface area contributed by atoms with Gasteiger partial charge in [-0.1, -0.05) is 36.4 Å². The largest absolute Gasteiger partial charge is 0.497 e. The normalized spacial score (nSPS) is 13.2. The predicted molar refractivity (Wildman–Crippen MR) is 99.5 cm³/mol. The lowest BCUT2D eigenvalue weighted by atomic mass is 9.94. The van der Waals surface area contributed by atoms with Gasteiger partial charge in [0.2, 0.25) is 0 Å². The van der Waals surface area contributed by atoms with Crippen molar-refractivity contribution < 1.29 is 19.4 Å². The van der Waals surface area contributed by atoms with Crippen molar-refractivity contribution in [3.05, 3.63) is 82.9 Å². The minimum atomic E-state index is -1.02. The number of hydrogen-bond acceptors (Lipinski definition) is 3. The summed E-state index contributed by atoms with van der Waals surface area (Å²) in [5.41, 5.74) is 3.10. The molecule has 0 bridgehead atoms. The summed E-state index contributed by atoms with van der Waals surface area (Å²) in [7, 11) is 1.54. The molecular formula is C22H16O4. The van der Waals surface area contributed by atoms with Crippen molar-refractivity contribution in [3.8, 4) is 5.75 Å². The summed E-state index contributed by atoms with van der Waals surface area (Å²) in [6.45, 7) is 0.